The molecule has 1 N–H and O–H groups in total. The Morgan fingerprint density at radius 1 is 1.03 bits per heavy atom. The smallest absolute Gasteiger partial charge is 0.254 e. The molecule has 1 heterocycles. The lowest BCUT2D eigenvalue weighted by atomic mass is 9.92. The molecule has 0 aliphatic carbocycles. The van der Waals surface area contributed by atoms with Crippen LogP contribution in [-0.4, -0.2) is 39.1 Å². The third kappa shape index (κ3) is 5.44. The molecule has 2 aromatic carbocycles. The number of amides is 2. The number of anilines is 1. The van der Waals surface area contributed by atoms with Gasteiger partial charge in [0, 0.05) is 23.1 Å². The number of aromatic nitrogens is 2. The van der Waals surface area contributed by atoms with Gasteiger partial charge in [0.1, 0.15) is 12.4 Å². The Labute approximate surface area is 190 Å². The third-order valence-electron chi connectivity index (χ3n) is 5.24. The lowest BCUT2D eigenvalue weighted by molar-refractivity contribution is -0.117. The van der Waals surface area contributed by atoms with Crippen LogP contribution >= 0.6 is 0 Å². The molecule has 6 heteroatoms. The molecule has 0 spiro atoms. The summed E-state index contributed by atoms with van der Waals surface area (Å²) in [4.78, 5) is 27.6. The average Bonchev–Trinajstić information content (AvgIpc) is 3.17. The first kappa shape index (κ1) is 23.3. The molecule has 3 rings (SSSR count). The summed E-state index contributed by atoms with van der Waals surface area (Å²) >= 11 is 0. The van der Waals surface area contributed by atoms with Crippen LogP contribution in [-0.2, 0) is 10.2 Å². The molecule has 6 nitrogen and oxygen atoms in total. The zero-order valence-electron chi connectivity index (χ0n) is 19.7. The van der Waals surface area contributed by atoms with Crippen molar-refractivity contribution in [3.05, 3.63) is 77.5 Å². The molecule has 32 heavy (non-hydrogen) atoms. The molecule has 168 valence electrons. The SMILES string of the molecule is Cc1ccc(C(=O)N(CC(=O)Nc2cc(C(C)(C)C)nn2-c2ccccc2)C(C)C)cc1. The van der Waals surface area contributed by atoms with Crippen molar-refractivity contribution in [1.29, 1.82) is 0 Å². The second-order valence-corrected chi connectivity index (χ2v) is 9.35. The first-order valence-corrected chi connectivity index (χ1v) is 10.9. The Balaban J connectivity index is 1.84. The van der Waals surface area contributed by atoms with Crippen molar-refractivity contribution in [2.45, 2.75) is 53.0 Å². The molecule has 0 fully saturated rings. The highest BCUT2D eigenvalue weighted by atomic mass is 16.2. The van der Waals surface area contributed by atoms with Crippen LogP contribution in [0.3, 0.4) is 0 Å². The lowest BCUT2D eigenvalue weighted by Gasteiger charge is -2.26. The standard InChI is InChI=1S/C26H32N4O2/c1-18(2)29(25(32)20-14-12-19(3)13-15-20)17-24(31)27-23-16-22(26(4,5)6)28-30(23)21-10-8-7-9-11-21/h7-16,18H,17H2,1-6H3,(H,27,31). The minimum Gasteiger partial charge on any atom is -0.327 e. The van der Waals surface area contributed by atoms with E-state index in [1.807, 2.05) is 69.3 Å². The molecule has 0 bridgehead atoms. The molecule has 0 saturated carbocycles. The number of carbonyl (C=O) groups excluding carboxylic acids is 2. The van der Waals surface area contributed by atoms with E-state index in [0.717, 1.165) is 16.9 Å². The number of nitrogens with one attached hydrogen (secondary N) is 1. The highest BCUT2D eigenvalue weighted by Crippen LogP contribution is 2.26. The molecule has 2 amide bonds. The normalized spacial score (nSPS) is 11.5. The number of aryl methyl sites for hydroxylation is 1. The van der Waals surface area contributed by atoms with Crippen molar-refractivity contribution >= 4 is 17.6 Å². The third-order valence-corrected chi connectivity index (χ3v) is 5.24. The summed E-state index contributed by atoms with van der Waals surface area (Å²) < 4.78 is 1.74. The highest BCUT2D eigenvalue weighted by molar-refractivity contribution is 5.99. The molecule has 0 unspecified atom stereocenters. The highest BCUT2D eigenvalue weighted by Gasteiger charge is 2.24. The van der Waals surface area contributed by atoms with Gasteiger partial charge in [-0.15, -0.1) is 0 Å². The fourth-order valence-electron chi connectivity index (χ4n) is 3.29. The second-order valence-electron chi connectivity index (χ2n) is 9.35. The molecule has 3 aromatic rings. The number of nitrogens with zero attached hydrogens (tertiary/aromatic N) is 3. The largest absolute Gasteiger partial charge is 0.327 e. The Morgan fingerprint density at radius 2 is 1.66 bits per heavy atom. The van der Waals surface area contributed by atoms with Gasteiger partial charge in [-0.3, -0.25) is 9.59 Å². The quantitative estimate of drug-likeness (QED) is 0.598. The zero-order valence-corrected chi connectivity index (χ0v) is 19.7. The lowest BCUT2D eigenvalue weighted by Crippen LogP contribution is -2.42. The summed E-state index contributed by atoms with van der Waals surface area (Å²) in [6, 6.07) is 18.8. The van der Waals surface area contributed by atoms with Gasteiger partial charge in [-0.05, 0) is 45.0 Å². The van der Waals surface area contributed by atoms with Gasteiger partial charge in [0.15, 0.2) is 0 Å². The van der Waals surface area contributed by atoms with Crippen LogP contribution in [0, 0.1) is 6.92 Å². The van der Waals surface area contributed by atoms with Gasteiger partial charge in [-0.1, -0.05) is 56.7 Å². The van der Waals surface area contributed by atoms with Gasteiger partial charge >= 0.3 is 0 Å². The first-order valence-electron chi connectivity index (χ1n) is 10.9. The number of benzene rings is 2. The number of carbonyl (C=O) groups is 2. The van der Waals surface area contributed by atoms with Crippen molar-refractivity contribution in [2.24, 2.45) is 0 Å². The van der Waals surface area contributed by atoms with Gasteiger partial charge in [-0.2, -0.15) is 5.10 Å². The summed E-state index contributed by atoms with van der Waals surface area (Å²) in [7, 11) is 0. The maximum Gasteiger partial charge on any atom is 0.254 e. The van der Waals surface area contributed by atoms with E-state index < -0.39 is 0 Å². The van der Waals surface area contributed by atoms with Gasteiger partial charge < -0.3 is 10.2 Å². The summed E-state index contributed by atoms with van der Waals surface area (Å²) in [6.07, 6.45) is 0. The van der Waals surface area contributed by atoms with Crippen LogP contribution in [0.1, 0.15) is 56.2 Å². The number of para-hydroxylation sites is 1. The van der Waals surface area contributed by atoms with Crippen LogP contribution in [0.4, 0.5) is 5.82 Å². The Bertz CT molecular complexity index is 1080. The van der Waals surface area contributed by atoms with E-state index in [9.17, 15) is 9.59 Å². The minimum absolute atomic E-state index is 0.0464. The maximum absolute atomic E-state index is 13.0. The molecular weight excluding hydrogens is 400 g/mol. The van der Waals surface area contributed by atoms with Crippen LogP contribution < -0.4 is 5.32 Å². The molecule has 0 aliphatic heterocycles. The van der Waals surface area contributed by atoms with Gasteiger partial charge in [0.05, 0.1) is 11.4 Å². The Kier molecular flexibility index (Phi) is 6.82. The molecule has 0 atom stereocenters. The summed E-state index contributed by atoms with van der Waals surface area (Å²) in [5.41, 5.74) is 3.20. The van der Waals surface area contributed by atoms with E-state index in [-0.39, 0.29) is 29.8 Å². The van der Waals surface area contributed by atoms with E-state index in [1.54, 1.807) is 21.7 Å². The van der Waals surface area contributed by atoms with Crippen LogP contribution in [0.5, 0.6) is 0 Å². The fourth-order valence-corrected chi connectivity index (χ4v) is 3.29. The average molecular weight is 433 g/mol. The van der Waals surface area contributed by atoms with E-state index in [1.165, 1.54) is 0 Å². The van der Waals surface area contributed by atoms with Gasteiger partial charge in [0.2, 0.25) is 5.91 Å². The van der Waals surface area contributed by atoms with E-state index >= 15 is 0 Å². The van der Waals surface area contributed by atoms with Gasteiger partial charge in [-0.25, -0.2) is 4.68 Å². The topological polar surface area (TPSA) is 67.2 Å². The van der Waals surface area contributed by atoms with E-state index in [4.69, 9.17) is 5.10 Å². The van der Waals surface area contributed by atoms with Crippen LogP contribution in [0.25, 0.3) is 5.69 Å². The second kappa shape index (κ2) is 9.39. The zero-order chi connectivity index (χ0) is 23.5. The monoisotopic (exact) mass is 432 g/mol. The molecular formula is C26H32N4O2. The maximum atomic E-state index is 13.0. The Morgan fingerprint density at radius 3 is 2.22 bits per heavy atom. The molecule has 0 radical (unpaired) electrons. The summed E-state index contributed by atoms with van der Waals surface area (Å²) in [5.74, 6) is 0.149. The molecule has 0 saturated heterocycles. The van der Waals surface area contributed by atoms with Crippen molar-refractivity contribution in [3.63, 3.8) is 0 Å². The van der Waals surface area contributed by atoms with E-state index in [2.05, 4.69) is 26.1 Å². The molecule has 1 aromatic heterocycles. The predicted molar refractivity (Wildman–Crippen MR) is 128 cm³/mol. The first-order chi connectivity index (χ1) is 15.1. The number of rotatable bonds is 6. The molecule has 0 aliphatic rings. The van der Waals surface area contributed by atoms with Crippen molar-refractivity contribution in [1.82, 2.24) is 14.7 Å². The number of hydrogen-bond acceptors (Lipinski definition) is 3. The predicted octanol–water partition coefficient (Wildman–Crippen LogP) is 4.97. The summed E-state index contributed by atoms with van der Waals surface area (Å²) in [6.45, 7) is 12.0. The van der Waals surface area contributed by atoms with E-state index in [0.29, 0.717) is 11.4 Å². The number of hydrogen-bond donors (Lipinski definition) is 1. The van der Waals surface area contributed by atoms with Crippen molar-refractivity contribution < 1.29 is 9.59 Å². The summed E-state index contributed by atoms with van der Waals surface area (Å²) in [5, 5.41) is 7.70. The van der Waals surface area contributed by atoms with Gasteiger partial charge in [0.25, 0.3) is 5.91 Å². The fraction of sp³-hybridized carbons (Fsp3) is 0.346. The van der Waals surface area contributed by atoms with Crippen LogP contribution in [0.2, 0.25) is 0 Å². The van der Waals surface area contributed by atoms with Crippen LogP contribution in [0.15, 0.2) is 60.7 Å². The van der Waals surface area contributed by atoms with Crippen molar-refractivity contribution in [2.75, 3.05) is 11.9 Å². The Hall–Kier alpha value is -3.41. The minimum atomic E-state index is -0.267. The van der Waals surface area contributed by atoms with Crippen molar-refractivity contribution in [3.8, 4) is 5.69 Å².